The average molecular weight is 207 g/mol. The Morgan fingerprint density at radius 1 is 1.20 bits per heavy atom. The van der Waals surface area contributed by atoms with Gasteiger partial charge in [0.25, 0.3) is 0 Å². The van der Waals surface area contributed by atoms with Gasteiger partial charge in [0.15, 0.2) is 0 Å². The summed E-state index contributed by atoms with van der Waals surface area (Å²) < 4.78 is 0. The van der Waals surface area contributed by atoms with Crippen molar-refractivity contribution in [2.24, 2.45) is 11.1 Å². The number of hydrogen-bond acceptors (Lipinski definition) is 2. The molecule has 0 aliphatic heterocycles. The van der Waals surface area contributed by atoms with Crippen molar-refractivity contribution >= 4 is 0 Å². The third-order valence-electron chi connectivity index (χ3n) is 2.61. The summed E-state index contributed by atoms with van der Waals surface area (Å²) in [6, 6.07) is 9.84. The Hall–Kier alpha value is -0.860. The summed E-state index contributed by atoms with van der Waals surface area (Å²) >= 11 is 0. The van der Waals surface area contributed by atoms with Gasteiger partial charge in [-0.3, -0.25) is 0 Å². The fourth-order valence-electron chi connectivity index (χ4n) is 1.64. The Morgan fingerprint density at radius 3 is 2.20 bits per heavy atom. The number of rotatable bonds is 3. The molecule has 3 N–H and O–H groups in total. The lowest BCUT2D eigenvalue weighted by Gasteiger charge is -2.30. The molecule has 0 saturated heterocycles. The summed E-state index contributed by atoms with van der Waals surface area (Å²) in [6.45, 7) is 6.01. The highest BCUT2D eigenvalue weighted by molar-refractivity contribution is 5.16. The van der Waals surface area contributed by atoms with Gasteiger partial charge in [-0.05, 0) is 17.4 Å². The molecule has 0 heterocycles. The topological polar surface area (TPSA) is 46.2 Å². The first-order valence-corrected chi connectivity index (χ1v) is 5.39. The van der Waals surface area contributed by atoms with Crippen LogP contribution in [0.15, 0.2) is 30.3 Å². The number of benzene rings is 1. The minimum absolute atomic E-state index is 0.159. The Bertz CT molecular complexity index is 289. The molecule has 2 atom stereocenters. The largest absolute Gasteiger partial charge is 0.391 e. The normalized spacial score (nSPS) is 16.1. The molecule has 15 heavy (non-hydrogen) atoms. The number of aliphatic hydroxyl groups is 1. The van der Waals surface area contributed by atoms with Gasteiger partial charge in [0.05, 0.1) is 6.10 Å². The highest BCUT2D eigenvalue weighted by Crippen LogP contribution is 2.22. The molecule has 2 heteroatoms. The third kappa shape index (κ3) is 3.65. The molecule has 0 radical (unpaired) electrons. The van der Waals surface area contributed by atoms with Crippen molar-refractivity contribution in [2.75, 3.05) is 0 Å². The third-order valence-corrected chi connectivity index (χ3v) is 2.61. The zero-order valence-corrected chi connectivity index (χ0v) is 9.77. The number of nitrogens with two attached hydrogens (primary N) is 1. The summed E-state index contributed by atoms with van der Waals surface area (Å²) in [4.78, 5) is 0. The molecular formula is C13H21NO. The van der Waals surface area contributed by atoms with Crippen molar-refractivity contribution in [3.05, 3.63) is 35.9 Å². The molecule has 0 fully saturated rings. The van der Waals surface area contributed by atoms with Crippen LogP contribution in [0.1, 0.15) is 26.3 Å². The van der Waals surface area contributed by atoms with E-state index in [2.05, 4.69) is 0 Å². The summed E-state index contributed by atoms with van der Waals surface area (Å²) in [5.41, 5.74) is 7.00. The van der Waals surface area contributed by atoms with Crippen LogP contribution in [0, 0.1) is 5.41 Å². The van der Waals surface area contributed by atoms with Crippen molar-refractivity contribution < 1.29 is 5.11 Å². The Labute approximate surface area is 92.1 Å². The summed E-state index contributed by atoms with van der Waals surface area (Å²) in [7, 11) is 0. The van der Waals surface area contributed by atoms with Crippen LogP contribution >= 0.6 is 0 Å². The van der Waals surface area contributed by atoms with Gasteiger partial charge in [0, 0.05) is 6.04 Å². The van der Waals surface area contributed by atoms with E-state index < -0.39 is 6.10 Å². The lowest BCUT2D eigenvalue weighted by Crippen LogP contribution is -2.44. The minimum atomic E-state index is -0.474. The van der Waals surface area contributed by atoms with E-state index in [1.807, 2.05) is 51.1 Å². The molecule has 0 aliphatic carbocycles. The second kappa shape index (κ2) is 4.77. The standard InChI is InChI=1S/C13H21NO/c1-13(2,3)12(15)11(14)9-10-7-5-4-6-8-10/h4-8,11-12,15H,9,14H2,1-3H3/t11-,12-/m0/s1. The first kappa shape index (κ1) is 12.2. The van der Waals surface area contributed by atoms with Crippen LogP contribution in [0.25, 0.3) is 0 Å². The van der Waals surface area contributed by atoms with Crippen molar-refractivity contribution in [2.45, 2.75) is 39.3 Å². The Kier molecular flexibility index (Phi) is 3.89. The van der Waals surface area contributed by atoms with Gasteiger partial charge in [-0.2, -0.15) is 0 Å². The monoisotopic (exact) mass is 207 g/mol. The highest BCUT2D eigenvalue weighted by Gasteiger charge is 2.27. The first-order chi connectivity index (χ1) is 6.91. The van der Waals surface area contributed by atoms with Crippen LogP contribution in [0.4, 0.5) is 0 Å². The second-order valence-electron chi connectivity index (χ2n) is 5.16. The molecule has 0 spiro atoms. The van der Waals surface area contributed by atoms with Gasteiger partial charge in [0.2, 0.25) is 0 Å². The molecule has 0 aliphatic rings. The zero-order valence-electron chi connectivity index (χ0n) is 9.77. The van der Waals surface area contributed by atoms with Crippen LogP contribution in [0.2, 0.25) is 0 Å². The summed E-state index contributed by atoms with van der Waals surface area (Å²) in [6.07, 6.45) is 0.247. The Balaban J connectivity index is 2.60. The smallest absolute Gasteiger partial charge is 0.0742 e. The molecule has 2 nitrogen and oxygen atoms in total. The molecule has 1 aromatic carbocycles. The molecule has 0 unspecified atom stereocenters. The van der Waals surface area contributed by atoms with E-state index in [0.717, 1.165) is 6.42 Å². The number of hydrogen-bond donors (Lipinski definition) is 2. The van der Waals surface area contributed by atoms with E-state index in [9.17, 15) is 5.11 Å². The van der Waals surface area contributed by atoms with Gasteiger partial charge in [-0.15, -0.1) is 0 Å². The van der Waals surface area contributed by atoms with Gasteiger partial charge >= 0.3 is 0 Å². The number of aliphatic hydroxyl groups excluding tert-OH is 1. The SMILES string of the molecule is CC(C)(C)[C@@H](O)[C@@H](N)Cc1ccccc1. The fraction of sp³-hybridized carbons (Fsp3) is 0.538. The zero-order chi connectivity index (χ0) is 11.5. The van der Waals surface area contributed by atoms with Crippen LogP contribution in [0.5, 0.6) is 0 Å². The van der Waals surface area contributed by atoms with Crippen molar-refractivity contribution in [1.29, 1.82) is 0 Å². The van der Waals surface area contributed by atoms with Crippen LogP contribution in [-0.2, 0) is 6.42 Å². The fourth-order valence-corrected chi connectivity index (χ4v) is 1.64. The van der Waals surface area contributed by atoms with Gasteiger partial charge in [-0.25, -0.2) is 0 Å². The van der Waals surface area contributed by atoms with Crippen molar-refractivity contribution in [3.8, 4) is 0 Å². The maximum atomic E-state index is 9.99. The van der Waals surface area contributed by atoms with E-state index in [-0.39, 0.29) is 11.5 Å². The molecule has 0 bridgehead atoms. The predicted molar refractivity (Wildman–Crippen MR) is 63.6 cm³/mol. The molecule has 0 aromatic heterocycles. The quantitative estimate of drug-likeness (QED) is 0.796. The molecule has 0 saturated carbocycles. The van der Waals surface area contributed by atoms with E-state index >= 15 is 0 Å². The minimum Gasteiger partial charge on any atom is -0.391 e. The maximum Gasteiger partial charge on any atom is 0.0742 e. The van der Waals surface area contributed by atoms with E-state index in [0.29, 0.717) is 0 Å². The van der Waals surface area contributed by atoms with Gasteiger partial charge < -0.3 is 10.8 Å². The van der Waals surface area contributed by atoms with Crippen molar-refractivity contribution in [3.63, 3.8) is 0 Å². The molecular weight excluding hydrogens is 186 g/mol. The van der Waals surface area contributed by atoms with E-state index in [1.165, 1.54) is 5.56 Å². The average Bonchev–Trinajstić information content (AvgIpc) is 2.16. The van der Waals surface area contributed by atoms with Gasteiger partial charge in [0.1, 0.15) is 0 Å². The second-order valence-corrected chi connectivity index (χ2v) is 5.16. The van der Waals surface area contributed by atoms with Crippen LogP contribution < -0.4 is 5.73 Å². The molecule has 1 rings (SSSR count). The molecule has 84 valence electrons. The highest BCUT2D eigenvalue weighted by atomic mass is 16.3. The van der Waals surface area contributed by atoms with E-state index in [4.69, 9.17) is 5.73 Å². The summed E-state index contributed by atoms with van der Waals surface area (Å²) in [5.74, 6) is 0. The predicted octanol–water partition coefficient (Wildman–Crippen LogP) is 1.96. The van der Waals surface area contributed by atoms with Crippen LogP contribution in [0.3, 0.4) is 0 Å². The lowest BCUT2D eigenvalue weighted by molar-refractivity contribution is 0.0406. The van der Waals surface area contributed by atoms with Gasteiger partial charge in [-0.1, -0.05) is 51.1 Å². The lowest BCUT2D eigenvalue weighted by atomic mass is 9.83. The Morgan fingerprint density at radius 2 is 1.73 bits per heavy atom. The molecule has 0 amide bonds. The van der Waals surface area contributed by atoms with E-state index in [1.54, 1.807) is 0 Å². The van der Waals surface area contributed by atoms with Crippen molar-refractivity contribution in [1.82, 2.24) is 0 Å². The first-order valence-electron chi connectivity index (χ1n) is 5.39. The maximum absolute atomic E-state index is 9.99. The molecule has 1 aromatic rings. The summed E-state index contributed by atoms with van der Waals surface area (Å²) in [5, 5.41) is 9.99. The van der Waals surface area contributed by atoms with Crippen LogP contribution in [-0.4, -0.2) is 17.3 Å².